The molecule has 0 amide bonds. The number of benzene rings is 1. The molecular formula is C14H14N2O5S. The number of carbonyl (C=O) groups is 1. The maximum atomic E-state index is 12.1. The van der Waals surface area contributed by atoms with Crippen molar-refractivity contribution in [2.24, 2.45) is 0 Å². The molecule has 0 fully saturated rings. The highest BCUT2D eigenvalue weighted by atomic mass is 32.2. The molecule has 22 heavy (non-hydrogen) atoms. The van der Waals surface area contributed by atoms with Crippen molar-refractivity contribution in [2.45, 2.75) is 17.9 Å². The van der Waals surface area contributed by atoms with E-state index in [4.69, 9.17) is 9.84 Å². The van der Waals surface area contributed by atoms with Gasteiger partial charge in [-0.2, -0.15) is 4.72 Å². The quantitative estimate of drug-likeness (QED) is 0.630. The lowest BCUT2D eigenvalue weighted by Crippen LogP contribution is -2.40. The number of rotatable bonds is 5. The Labute approximate surface area is 127 Å². The predicted molar refractivity (Wildman–Crippen MR) is 77.8 cm³/mol. The zero-order valence-electron chi connectivity index (χ0n) is 11.6. The van der Waals surface area contributed by atoms with Gasteiger partial charge in [0, 0.05) is 12.4 Å². The molecule has 2 rings (SSSR count). The van der Waals surface area contributed by atoms with E-state index in [1.54, 1.807) is 0 Å². The van der Waals surface area contributed by atoms with Crippen LogP contribution in [0.4, 0.5) is 0 Å². The third-order valence-corrected chi connectivity index (χ3v) is 4.21. The Morgan fingerprint density at radius 1 is 1.27 bits per heavy atom. The molecule has 2 N–H and O–H groups in total. The molecule has 0 saturated heterocycles. The Hall–Kier alpha value is -2.45. The van der Waals surface area contributed by atoms with E-state index in [0.29, 0.717) is 0 Å². The number of ether oxygens (including phenoxy) is 1. The maximum Gasteiger partial charge on any atom is 0.329 e. The van der Waals surface area contributed by atoms with Crippen LogP contribution in [0.2, 0.25) is 0 Å². The zero-order chi connectivity index (χ0) is 16.2. The second-order valence-electron chi connectivity index (χ2n) is 4.45. The Morgan fingerprint density at radius 3 is 2.55 bits per heavy atom. The highest BCUT2D eigenvalue weighted by Gasteiger charge is 2.23. The van der Waals surface area contributed by atoms with E-state index < -0.39 is 22.0 Å². The number of hydrogen-bond acceptors (Lipinski definition) is 6. The Balaban J connectivity index is 2.04. The lowest BCUT2D eigenvalue weighted by Gasteiger charge is -2.13. The summed E-state index contributed by atoms with van der Waals surface area (Å²) in [5, 5.41) is 9.14. The Morgan fingerprint density at radius 2 is 1.95 bits per heavy atom. The summed E-state index contributed by atoms with van der Waals surface area (Å²) in [5.41, 5.74) is 0. The smallest absolute Gasteiger partial charge is 0.329 e. The molecule has 1 heterocycles. The number of hydrogen-bond donors (Lipinski definition) is 2. The molecule has 0 spiro atoms. The minimum absolute atomic E-state index is 0.0325. The standard InChI is InChI=1S/C14H14N2O5S/c1-10(14(18)21-12-6-4-11(17)5-7-12)16-22(19,20)13-3-2-8-15-9-13/h2-10,16-17H,1H3. The number of aromatic hydroxyl groups is 1. The molecule has 0 aliphatic heterocycles. The van der Waals surface area contributed by atoms with Gasteiger partial charge in [-0.3, -0.25) is 4.98 Å². The summed E-state index contributed by atoms with van der Waals surface area (Å²) in [4.78, 5) is 15.6. The number of esters is 1. The minimum atomic E-state index is -3.86. The van der Waals surface area contributed by atoms with Crippen molar-refractivity contribution < 1.29 is 23.1 Å². The monoisotopic (exact) mass is 322 g/mol. The fourth-order valence-electron chi connectivity index (χ4n) is 1.57. The third-order valence-electron chi connectivity index (χ3n) is 2.69. The molecule has 7 nitrogen and oxygen atoms in total. The number of phenols is 1. The van der Waals surface area contributed by atoms with Crippen molar-refractivity contribution in [3.8, 4) is 11.5 Å². The predicted octanol–water partition coefficient (Wildman–Crippen LogP) is 1.06. The highest BCUT2D eigenvalue weighted by molar-refractivity contribution is 7.89. The summed E-state index contributed by atoms with van der Waals surface area (Å²) in [5.74, 6) is -0.529. The summed E-state index contributed by atoms with van der Waals surface area (Å²) in [6.07, 6.45) is 2.63. The van der Waals surface area contributed by atoms with Crippen molar-refractivity contribution in [2.75, 3.05) is 0 Å². The van der Waals surface area contributed by atoms with Gasteiger partial charge >= 0.3 is 5.97 Å². The minimum Gasteiger partial charge on any atom is -0.508 e. The summed E-state index contributed by atoms with van der Waals surface area (Å²) in [7, 11) is -3.86. The Bertz CT molecular complexity index is 745. The molecule has 0 saturated carbocycles. The van der Waals surface area contributed by atoms with E-state index >= 15 is 0 Å². The van der Waals surface area contributed by atoms with Crippen LogP contribution >= 0.6 is 0 Å². The van der Waals surface area contributed by atoms with Gasteiger partial charge in [-0.05, 0) is 43.3 Å². The van der Waals surface area contributed by atoms with Gasteiger partial charge in [0.05, 0.1) is 0 Å². The number of nitrogens with one attached hydrogen (secondary N) is 1. The molecule has 1 aromatic carbocycles. The average molecular weight is 322 g/mol. The first kappa shape index (κ1) is 15.9. The van der Waals surface area contributed by atoms with Crippen LogP contribution in [0, 0.1) is 0 Å². The number of aromatic nitrogens is 1. The van der Waals surface area contributed by atoms with Crippen LogP contribution < -0.4 is 9.46 Å². The van der Waals surface area contributed by atoms with Crippen molar-refractivity contribution >= 4 is 16.0 Å². The first-order valence-corrected chi connectivity index (χ1v) is 7.80. The molecule has 116 valence electrons. The van der Waals surface area contributed by atoms with E-state index in [-0.39, 0.29) is 16.4 Å². The molecule has 1 atom stereocenters. The van der Waals surface area contributed by atoms with Gasteiger partial charge < -0.3 is 9.84 Å². The van der Waals surface area contributed by atoms with Gasteiger partial charge in [-0.1, -0.05) is 0 Å². The normalized spacial score (nSPS) is 12.6. The summed E-state index contributed by atoms with van der Waals surface area (Å²) >= 11 is 0. The van der Waals surface area contributed by atoms with Crippen LogP contribution in [0.5, 0.6) is 11.5 Å². The molecule has 0 bridgehead atoms. The second kappa shape index (κ2) is 6.54. The molecule has 0 aliphatic rings. The number of phenolic OH excluding ortho intramolecular Hbond substituents is 1. The number of sulfonamides is 1. The summed E-state index contributed by atoms with van der Waals surface area (Å²) in [6.45, 7) is 1.37. The maximum absolute atomic E-state index is 12.1. The van der Waals surface area contributed by atoms with Gasteiger partial charge in [0.1, 0.15) is 22.4 Å². The lowest BCUT2D eigenvalue weighted by atomic mass is 10.3. The Kier molecular flexibility index (Phi) is 4.74. The van der Waals surface area contributed by atoms with Gasteiger partial charge in [0.25, 0.3) is 0 Å². The second-order valence-corrected chi connectivity index (χ2v) is 6.16. The molecule has 8 heteroatoms. The van der Waals surface area contributed by atoms with Crippen molar-refractivity contribution in [3.05, 3.63) is 48.8 Å². The average Bonchev–Trinajstić information content (AvgIpc) is 2.50. The molecule has 1 unspecified atom stereocenters. The van der Waals surface area contributed by atoms with Crippen molar-refractivity contribution in [1.82, 2.24) is 9.71 Å². The van der Waals surface area contributed by atoms with Gasteiger partial charge in [-0.25, -0.2) is 13.2 Å². The molecular weight excluding hydrogens is 308 g/mol. The largest absolute Gasteiger partial charge is 0.508 e. The topological polar surface area (TPSA) is 106 Å². The SMILES string of the molecule is CC(NS(=O)(=O)c1cccnc1)C(=O)Oc1ccc(O)cc1. The van der Waals surface area contributed by atoms with E-state index in [0.717, 1.165) is 0 Å². The molecule has 0 radical (unpaired) electrons. The number of pyridine rings is 1. The van der Waals surface area contributed by atoms with Crippen LogP contribution in [-0.2, 0) is 14.8 Å². The first-order valence-electron chi connectivity index (χ1n) is 6.31. The van der Waals surface area contributed by atoms with Crippen molar-refractivity contribution in [3.63, 3.8) is 0 Å². The fraction of sp³-hybridized carbons (Fsp3) is 0.143. The van der Waals surface area contributed by atoms with Gasteiger partial charge in [0.15, 0.2) is 0 Å². The van der Waals surface area contributed by atoms with Crippen LogP contribution in [0.1, 0.15) is 6.92 Å². The number of carbonyl (C=O) groups excluding carboxylic acids is 1. The van der Waals surface area contributed by atoms with E-state index in [1.165, 1.54) is 55.7 Å². The fourth-order valence-corrected chi connectivity index (χ4v) is 2.73. The van der Waals surface area contributed by atoms with Crippen molar-refractivity contribution in [1.29, 1.82) is 0 Å². The van der Waals surface area contributed by atoms with Gasteiger partial charge in [-0.15, -0.1) is 0 Å². The zero-order valence-corrected chi connectivity index (χ0v) is 12.4. The summed E-state index contributed by atoms with van der Waals surface area (Å²) < 4.78 is 31.3. The molecule has 1 aromatic heterocycles. The van der Waals surface area contributed by atoms with Crippen LogP contribution in [0.25, 0.3) is 0 Å². The van der Waals surface area contributed by atoms with E-state index in [2.05, 4.69) is 9.71 Å². The van der Waals surface area contributed by atoms with Crippen LogP contribution in [0.15, 0.2) is 53.7 Å². The molecule has 2 aromatic rings. The van der Waals surface area contributed by atoms with E-state index in [1.807, 2.05) is 0 Å². The third kappa shape index (κ3) is 4.03. The van der Waals surface area contributed by atoms with Crippen LogP contribution in [-0.4, -0.2) is 30.5 Å². The van der Waals surface area contributed by atoms with Gasteiger partial charge in [0.2, 0.25) is 10.0 Å². The summed E-state index contributed by atoms with van der Waals surface area (Å²) in [6, 6.07) is 7.27. The highest BCUT2D eigenvalue weighted by Crippen LogP contribution is 2.16. The lowest BCUT2D eigenvalue weighted by molar-refractivity contribution is -0.135. The van der Waals surface area contributed by atoms with Crippen LogP contribution in [0.3, 0.4) is 0 Å². The first-order chi connectivity index (χ1) is 10.4. The van der Waals surface area contributed by atoms with E-state index in [9.17, 15) is 13.2 Å². The number of nitrogens with zero attached hydrogens (tertiary/aromatic N) is 1. The molecule has 0 aliphatic carbocycles.